The molecule has 2 aromatic carbocycles. The summed E-state index contributed by atoms with van der Waals surface area (Å²) in [6.45, 7) is 20.4. The Morgan fingerprint density at radius 3 is 1.78 bits per heavy atom. The Bertz CT molecular complexity index is 1730. The number of nitrogens with zero attached hydrogens (tertiary/aromatic N) is 3. The van der Waals surface area contributed by atoms with Crippen LogP contribution in [-0.2, 0) is 32.3 Å². The number of halogens is 1. The fourth-order valence-corrected chi connectivity index (χ4v) is 12.7. The van der Waals surface area contributed by atoms with E-state index in [0.29, 0.717) is 52.4 Å². The molecule has 54 heavy (non-hydrogen) atoms. The molecule has 0 amide bonds. The summed E-state index contributed by atoms with van der Waals surface area (Å²) in [6, 6.07) is 11.6. The van der Waals surface area contributed by atoms with E-state index in [9.17, 15) is 23.6 Å². The number of aliphatic carboxylic acids is 4. The van der Waals surface area contributed by atoms with Gasteiger partial charge in [0, 0.05) is 67.9 Å². The van der Waals surface area contributed by atoms with Crippen LogP contribution in [0.3, 0.4) is 0 Å². The van der Waals surface area contributed by atoms with Crippen LogP contribution >= 0.6 is 0 Å². The fraction of sp³-hybridized carbons (Fsp3) is 0.462. The molecule has 0 saturated carbocycles. The topological polar surface area (TPSA) is 191 Å². The first-order valence-electron chi connectivity index (χ1n) is 18.0. The van der Waals surface area contributed by atoms with Crippen LogP contribution in [-0.4, -0.2) is 93.8 Å². The first-order chi connectivity index (χ1) is 25.4. The average Bonchev–Trinajstić information content (AvgIpc) is 3.71. The second kappa shape index (κ2) is 20.0. The van der Waals surface area contributed by atoms with Crippen LogP contribution in [0.15, 0.2) is 65.2 Å². The van der Waals surface area contributed by atoms with E-state index in [1.54, 1.807) is 6.07 Å². The van der Waals surface area contributed by atoms with Gasteiger partial charge in [-0.05, 0) is 77.9 Å². The molecule has 1 saturated heterocycles. The molecule has 3 aromatic rings. The summed E-state index contributed by atoms with van der Waals surface area (Å²) in [7, 11) is -1.95. The molecule has 294 valence electrons. The third kappa shape index (κ3) is 12.3. The van der Waals surface area contributed by atoms with E-state index in [1.165, 1.54) is 23.3 Å². The maximum absolute atomic E-state index is 13.5. The molecular formula is C39H52FN3O10Si. The second-order valence-electron chi connectivity index (χ2n) is 14.4. The molecule has 13 nitrogen and oxygen atoms in total. The van der Waals surface area contributed by atoms with Gasteiger partial charge in [0.05, 0.1) is 5.69 Å². The number of likely N-dealkylation sites (tertiary alicyclic amines) is 1. The summed E-state index contributed by atoms with van der Waals surface area (Å²) in [6.07, 6.45) is 4.36. The van der Waals surface area contributed by atoms with Crippen LogP contribution in [0.25, 0.3) is 11.0 Å². The van der Waals surface area contributed by atoms with Crippen LogP contribution < -0.4 is 4.43 Å². The molecule has 0 bridgehead atoms. The number of carboxylic acid groups (broad SMARTS) is 4. The molecule has 3 heterocycles. The van der Waals surface area contributed by atoms with E-state index in [0.717, 1.165) is 68.9 Å². The van der Waals surface area contributed by atoms with Gasteiger partial charge in [-0.25, -0.2) is 23.6 Å². The van der Waals surface area contributed by atoms with Crippen LogP contribution in [0, 0.1) is 5.82 Å². The zero-order valence-electron chi connectivity index (χ0n) is 31.7. The maximum atomic E-state index is 13.5. The number of carboxylic acids is 4. The minimum atomic E-state index is -1.95. The number of aromatic nitrogens is 1. The predicted molar refractivity (Wildman–Crippen MR) is 203 cm³/mol. The van der Waals surface area contributed by atoms with E-state index < -0.39 is 32.2 Å². The van der Waals surface area contributed by atoms with E-state index in [1.807, 2.05) is 0 Å². The van der Waals surface area contributed by atoms with Crippen LogP contribution in [0.5, 0.6) is 5.75 Å². The second-order valence-corrected chi connectivity index (χ2v) is 19.8. The van der Waals surface area contributed by atoms with E-state index in [2.05, 4.69) is 74.7 Å². The minimum Gasteiger partial charge on any atom is -0.543 e. The van der Waals surface area contributed by atoms with Gasteiger partial charge in [0.25, 0.3) is 8.32 Å². The molecule has 0 spiro atoms. The van der Waals surface area contributed by atoms with Crippen molar-refractivity contribution in [1.82, 2.24) is 15.0 Å². The lowest BCUT2D eigenvalue weighted by Crippen LogP contribution is -2.50. The van der Waals surface area contributed by atoms with Crippen molar-refractivity contribution in [2.75, 3.05) is 26.2 Å². The first kappa shape index (κ1) is 43.5. The zero-order valence-corrected chi connectivity index (χ0v) is 32.7. The van der Waals surface area contributed by atoms with Crippen molar-refractivity contribution in [1.29, 1.82) is 0 Å². The summed E-state index contributed by atoms with van der Waals surface area (Å²) >= 11 is 0. The molecular weight excluding hydrogens is 718 g/mol. The Hall–Kier alpha value is -4.86. The van der Waals surface area contributed by atoms with Gasteiger partial charge in [0.15, 0.2) is 5.58 Å². The van der Waals surface area contributed by atoms with Crippen molar-refractivity contribution >= 4 is 43.2 Å². The number of hydrogen-bond donors (Lipinski definition) is 4. The van der Waals surface area contributed by atoms with Crippen LogP contribution in [0.1, 0.15) is 77.1 Å². The summed E-state index contributed by atoms with van der Waals surface area (Å²) in [5, 5.41) is 36.5. The van der Waals surface area contributed by atoms with Gasteiger partial charge in [-0.3, -0.25) is 4.90 Å². The van der Waals surface area contributed by atoms with Crippen molar-refractivity contribution in [3.63, 3.8) is 0 Å². The van der Waals surface area contributed by atoms with E-state index in [-0.39, 0.29) is 5.82 Å². The highest BCUT2D eigenvalue weighted by atomic mass is 28.4. The Morgan fingerprint density at radius 1 is 0.778 bits per heavy atom. The Morgan fingerprint density at radius 2 is 1.28 bits per heavy atom. The number of piperidine rings is 1. The lowest BCUT2D eigenvalue weighted by atomic mass is 9.91. The predicted octanol–water partition coefficient (Wildman–Crippen LogP) is 7.14. The van der Waals surface area contributed by atoms with Gasteiger partial charge < -0.3 is 34.3 Å². The molecule has 15 heteroatoms. The first-order valence-corrected chi connectivity index (χ1v) is 20.1. The van der Waals surface area contributed by atoms with Gasteiger partial charge >= 0.3 is 23.9 Å². The smallest absolute Gasteiger partial charge is 0.328 e. The highest BCUT2D eigenvalue weighted by Crippen LogP contribution is 2.43. The Balaban J connectivity index is 0.000000410. The van der Waals surface area contributed by atoms with Crippen molar-refractivity contribution < 1.29 is 52.9 Å². The normalized spacial score (nSPS) is 15.4. The van der Waals surface area contributed by atoms with Crippen molar-refractivity contribution in [2.24, 2.45) is 0 Å². The van der Waals surface area contributed by atoms with Crippen LogP contribution in [0.4, 0.5) is 4.39 Å². The van der Waals surface area contributed by atoms with E-state index >= 15 is 0 Å². The third-order valence-electron chi connectivity index (χ3n) is 9.87. The standard InChI is InChI=1S/C31H44FN3O2Si.2C4H4O4/c1-21(2)38(22(3)4,23(5)6)37-28-9-7-25-19-35(20-26(25)17-28)16-15-34-13-11-24(12-14-34)31-29-10-8-27(32)18-30(29)36-33-31;2*5-3(6)1-2-4(7)8/h7-10,17-18,21-24H,11-16,19-20H2,1-6H3;2*1-2H,(H,5,6)(H,7,8). The third-order valence-corrected chi connectivity index (χ3v) is 15.9. The van der Waals surface area contributed by atoms with Crippen molar-refractivity contribution in [2.45, 2.75) is 90.0 Å². The van der Waals surface area contributed by atoms with Gasteiger partial charge in [-0.1, -0.05) is 52.8 Å². The summed E-state index contributed by atoms with van der Waals surface area (Å²) in [4.78, 5) is 43.4. The summed E-state index contributed by atoms with van der Waals surface area (Å²) in [5.74, 6) is -3.86. The molecule has 0 atom stereocenters. The molecule has 2 aliphatic rings. The lowest BCUT2D eigenvalue weighted by molar-refractivity contribution is -0.134. The Labute approximate surface area is 315 Å². The quantitative estimate of drug-likeness (QED) is 0.101. The Kier molecular flexibility index (Phi) is 16.1. The molecule has 2 aliphatic heterocycles. The largest absolute Gasteiger partial charge is 0.543 e. The fourth-order valence-electron chi connectivity index (χ4n) is 7.44. The van der Waals surface area contributed by atoms with Gasteiger partial charge in [-0.15, -0.1) is 0 Å². The van der Waals surface area contributed by atoms with E-state index in [4.69, 9.17) is 29.4 Å². The highest BCUT2D eigenvalue weighted by Gasteiger charge is 2.47. The monoisotopic (exact) mass is 769 g/mol. The zero-order chi connectivity index (χ0) is 40.2. The number of carbonyl (C=O) groups is 4. The SMILES string of the molecule is CC(C)[Si](Oc1ccc2c(c1)CN(CCN1CCC(c3noc4cc(F)ccc34)CC1)C2)(C(C)C)C(C)C.O=C(O)C=CC(=O)O.O=C(O)C=CC(=O)O. The van der Waals surface area contributed by atoms with Crippen molar-refractivity contribution in [3.8, 4) is 5.75 Å². The maximum Gasteiger partial charge on any atom is 0.328 e. The number of fused-ring (bicyclic) bond motifs is 2. The lowest BCUT2D eigenvalue weighted by Gasteiger charge is -2.42. The van der Waals surface area contributed by atoms with Gasteiger partial charge in [0.2, 0.25) is 0 Å². The molecule has 1 aromatic heterocycles. The van der Waals surface area contributed by atoms with Gasteiger partial charge in [-0.2, -0.15) is 0 Å². The number of rotatable bonds is 13. The number of benzene rings is 2. The average molecular weight is 770 g/mol. The number of hydrogen-bond acceptors (Lipinski definition) is 9. The molecule has 1 fully saturated rings. The molecule has 5 rings (SSSR count). The summed E-state index contributed by atoms with van der Waals surface area (Å²) < 4.78 is 25.9. The molecule has 0 aliphatic carbocycles. The highest BCUT2D eigenvalue weighted by molar-refractivity contribution is 6.78. The van der Waals surface area contributed by atoms with Crippen molar-refractivity contribution in [3.05, 3.63) is 83.3 Å². The molecule has 4 N–H and O–H groups in total. The minimum absolute atomic E-state index is 0.278. The molecule has 0 radical (unpaired) electrons. The van der Waals surface area contributed by atoms with Gasteiger partial charge in [0.1, 0.15) is 11.6 Å². The molecule has 0 unspecified atom stereocenters. The summed E-state index contributed by atoms with van der Waals surface area (Å²) in [5.41, 5.74) is 6.13. The van der Waals surface area contributed by atoms with Crippen LogP contribution in [0.2, 0.25) is 16.6 Å².